The molecule has 0 bridgehead atoms. The van der Waals surface area contributed by atoms with Gasteiger partial charge in [-0.25, -0.2) is 4.79 Å². The summed E-state index contributed by atoms with van der Waals surface area (Å²) >= 11 is 1.56. The van der Waals surface area contributed by atoms with Crippen molar-refractivity contribution in [2.45, 2.75) is 77.6 Å². The van der Waals surface area contributed by atoms with E-state index in [9.17, 15) is 19.5 Å². The SMILES string of the molecule is CCCCCN(C(=O)C(CCSC)NC(=O)OC(C)(C)C)C(C(=O)NCc1ccccc1)c1ccccc1O. The Balaban J connectivity index is 2.46. The zero-order valence-electron chi connectivity index (χ0n) is 23.7. The summed E-state index contributed by atoms with van der Waals surface area (Å²) in [4.78, 5) is 42.1. The van der Waals surface area contributed by atoms with E-state index < -0.39 is 35.6 Å². The minimum Gasteiger partial charge on any atom is -0.508 e. The molecular weight excluding hydrogens is 514 g/mol. The fourth-order valence-corrected chi connectivity index (χ4v) is 4.56. The molecule has 2 aromatic rings. The lowest BCUT2D eigenvalue weighted by molar-refractivity contribution is -0.142. The number of ether oxygens (including phenoxy) is 1. The third-order valence-electron chi connectivity index (χ3n) is 5.99. The molecule has 0 aromatic heterocycles. The van der Waals surface area contributed by atoms with E-state index in [1.54, 1.807) is 50.7 Å². The van der Waals surface area contributed by atoms with Gasteiger partial charge < -0.3 is 25.4 Å². The highest BCUT2D eigenvalue weighted by Crippen LogP contribution is 2.30. The quantitative estimate of drug-likeness (QED) is 0.268. The largest absolute Gasteiger partial charge is 0.508 e. The number of carbonyl (C=O) groups excluding carboxylic acids is 3. The molecule has 0 heterocycles. The standard InChI is InChI=1S/C30H43N3O5S/c1-6-7-13-19-33(28(36)24(18-20-39-5)32-29(37)38-30(2,3)4)26(23-16-11-12-17-25(23)34)27(35)31-21-22-14-9-8-10-15-22/h8-12,14-17,24,26,34H,6-7,13,18-21H2,1-5H3,(H,31,35)(H,32,37). The lowest BCUT2D eigenvalue weighted by atomic mass is 10.0. The van der Waals surface area contributed by atoms with Gasteiger partial charge in [0.05, 0.1) is 0 Å². The van der Waals surface area contributed by atoms with E-state index in [2.05, 4.69) is 17.6 Å². The molecule has 0 aliphatic heterocycles. The Bertz CT molecular complexity index is 1060. The van der Waals surface area contributed by atoms with Gasteiger partial charge in [0.15, 0.2) is 0 Å². The van der Waals surface area contributed by atoms with Gasteiger partial charge in [-0.05, 0) is 57.3 Å². The van der Waals surface area contributed by atoms with Crippen LogP contribution >= 0.6 is 11.8 Å². The highest BCUT2D eigenvalue weighted by Gasteiger charge is 2.37. The first kappa shape index (κ1) is 32.0. The van der Waals surface area contributed by atoms with Gasteiger partial charge in [-0.2, -0.15) is 11.8 Å². The normalized spacial score (nSPS) is 12.7. The number of rotatable bonds is 14. The van der Waals surface area contributed by atoms with Crippen molar-refractivity contribution in [2.75, 3.05) is 18.6 Å². The highest BCUT2D eigenvalue weighted by molar-refractivity contribution is 7.98. The van der Waals surface area contributed by atoms with Gasteiger partial charge in [-0.1, -0.05) is 68.3 Å². The summed E-state index contributed by atoms with van der Waals surface area (Å²) in [5, 5.41) is 16.4. The van der Waals surface area contributed by atoms with Gasteiger partial charge in [0.2, 0.25) is 11.8 Å². The zero-order chi connectivity index (χ0) is 28.8. The van der Waals surface area contributed by atoms with Crippen molar-refractivity contribution >= 4 is 29.7 Å². The van der Waals surface area contributed by atoms with E-state index in [1.807, 2.05) is 36.6 Å². The zero-order valence-corrected chi connectivity index (χ0v) is 24.6. The average molecular weight is 558 g/mol. The van der Waals surface area contributed by atoms with Crippen LogP contribution in [0.3, 0.4) is 0 Å². The van der Waals surface area contributed by atoms with Gasteiger partial charge in [0.1, 0.15) is 23.4 Å². The summed E-state index contributed by atoms with van der Waals surface area (Å²) in [6, 6.07) is 14.1. The van der Waals surface area contributed by atoms with Crippen LogP contribution in [-0.2, 0) is 20.9 Å². The van der Waals surface area contributed by atoms with Crippen LogP contribution < -0.4 is 10.6 Å². The predicted octanol–water partition coefficient (Wildman–Crippen LogP) is 5.41. The van der Waals surface area contributed by atoms with Crippen molar-refractivity contribution in [3.8, 4) is 5.75 Å². The molecule has 2 atom stereocenters. The molecule has 0 aliphatic carbocycles. The lowest BCUT2D eigenvalue weighted by Crippen LogP contribution is -2.53. The first-order valence-electron chi connectivity index (χ1n) is 13.5. The number of unbranched alkanes of at least 4 members (excludes halogenated alkanes) is 2. The Hall–Kier alpha value is -3.20. The molecule has 2 rings (SSSR count). The Kier molecular flexibility index (Phi) is 13.2. The molecule has 2 aromatic carbocycles. The number of para-hydroxylation sites is 1. The van der Waals surface area contributed by atoms with E-state index in [-0.39, 0.29) is 18.8 Å². The molecular formula is C30H43N3O5S. The number of nitrogens with one attached hydrogen (secondary N) is 2. The first-order valence-corrected chi connectivity index (χ1v) is 14.8. The monoisotopic (exact) mass is 557 g/mol. The van der Waals surface area contributed by atoms with Crippen LogP contribution in [0.2, 0.25) is 0 Å². The number of nitrogens with zero attached hydrogens (tertiary/aromatic N) is 1. The van der Waals surface area contributed by atoms with Gasteiger partial charge in [0.25, 0.3) is 0 Å². The summed E-state index contributed by atoms with van der Waals surface area (Å²) < 4.78 is 5.43. The number of thioether (sulfide) groups is 1. The summed E-state index contributed by atoms with van der Waals surface area (Å²) in [5.41, 5.74) is 0.511. The van der Waals surface area contributed by atoms with Crippen LogP contribution in [0.25, 0.3) is 0 Å². The summed E-state index contributed by atoms with van der Waals surface area (Å²) in [7, 11) is 0. The third-order valence-corrected chi connectivity index (χ3v) is 6.63. The molecule has 39 heavy (non-hydrogen) atoms. The number of alkyl carbamates (subject to hydrolysis) is 1. The van der Waals surface area contributed by atoms with Crippen molar-refractivity contribution in [3.63, 3.8) is 0 Å². The van der Waals surface area contributed by atoms with Gasteiger partial charge in [-0.3, -0.25) is 9.59 Å². The summed E-state index contributed by atoms with van der Waals surface area (Å²) in [5.74, 6) is -0.261. The third kappa shape index (κ3) is 10.8. The molecule has 9 heteroatoms. The number of carbonyl (C=O) groups is 3. The van der Waals surface area contributed by atoms with Crippen molar-refractivity contribution in [1.82, 2.24) is 15.5 Å². The van der Waals surface area contributed by atoms with Crippen molar-refractivity contribution in [2.24, 2.45) is 0 Å². The van der Waals surface area contributed by atoms with E-state index in [0.29, 0.717) is 24.2 Å². The molecule has 0 saturated carbocycles. The second kappa shape index (κ2) is 16.0. The van der Waals surface area contributed by atoms with Crippen molar-refractivity contribution in [3.05, 3.63) is 65.7 Å². The van der Waals surface area contributed by atoms with Crippen LogP contribution in [0, 0.1) is 0 Å². The Morgan fingerprint density at radius 2 is 1.69 bits per heavy atom. The van der Waals surface area contributed by atoms with Crippen molar-refractivity contribution in [1.29, 1.82) is 0 Å². The average Bonchev–Trinajstić information content (AvgIpc) is 2.89. The van der Waals surface area contributed by atoms with Crippen LogP contribution in [-0.4, -0.2) is 58.1 Å². The Morgan fingerprint density at radius 3 is 2.31 bits per heavy atom. The predicted molar refractivity (Wildman–Crippen MR) is 157 cm³/mol. The number of phenols is 1. The second-order valence-electron chi connectivity index (χ2n) is 10.4. The number of aromatic hydroxyl groups is 1. The second-order valence-corrected chi connectivity index (χ2v) is 11.4. The van der Waals surface area contributed by atoms with Crippen LogP contribution in [0.5, 0.6) is 5.75 Å². The highest BCUT2D eigenvalue weighted by atomic mass is 32.2. The van der Waals surface area contributed by atoms with E-state index in [0.717, 1.165) is 18.4 Å². The lowest BCUT2D eigenvalue weighted by Gasteiger charge is -2.35. The molecule has 3 amide bonds. The Labute approximate surface area is 236 Å². The molecule has 8 nitrogen and oxygen atoms in total. The molecule has 214 valence electrons. The summed E-state index contributed by atoms with van der Waals surface area (Å²) in [6.45, 7) is 7.89. The molecule has 0 fully saturated rings. The minimum atomic E-state index is -1.09. The van der Waals surface area contributed by atoms with Crippen LogP contribution in [0.1, 0.15) is 70.5 Å². The fourth-order valence-electron chi connectivity index (χ4n) is 4.09. The fraction of sp³-hybridized carbons (Fsp3) is 0.500. The maximum absolute atomic E-state index is 14.1. The molecule has 0 aliphatic rings. The number of amides is 3. The van der Waals surface area contributed by atoms with Gasteiger partial charge in [-0.15, -0.1) is 0 Å². The van der Waals surface area contributed by atoms with Gasteiger partial charge in [0, 0.05) is 18.7 Å². The van der Waals surface area contributed by atoms with Crippen LogP contribution in [0.15, 0.2) is 54.6 Å². The topological polar surface area (TPSA) is 108 Å². The van der Waals surface area contributed by atoms with Gasteiger partial charge >= 0.3 is 6.09 Å². The molecule has 0 radical (unpaired) electrons. The molecule has 3 N–H and O–H groups in total. The van der Waals surface area contributed by atoms with Crippen LogP contribution in [0.4, 0.5) is 4.79 Å². The van der Waals surface area contributed by atoms with E-state index in [1.165, 1.54) is 11.0 Å². The molecule has 0 spiro atoms. The Morgan fingerprint density at radius 1 is 1.03 bits per heavy atom. The first-order chi connectivity index (χ1) is 18.6. The van der Waals surface area contributed by atoms with E-state index >= 15 is 0 Å². The number of benzene rings is 2. The molecule has 0 saturated heterocycles. The maximum atomic E-state index is 14.1. The van der Waals surface area contributed by atoms with Crippen molar-refractivity contribution < 1.29 is 24.2 Å². The summed E-state index contributed by atoms with van der Waals surface area (Å²) in [6.07, 6.45) is 4.05. The number of hydrogen-bond donors (Lipinski definition) is 3. The molecule has 2 unspecified atom stereocenters. The minimum absolute atomic E-state index is 0.0774. The smallest absolute Gasteiger partial charge is 0.408 e. The maximum Gasteiger partial charge on any atom is 0.408 e. The number of hydrogen-bond acceptors (Lipinski definition) is 6. The van der Waals surface area contributed by atoms with E-state index in [4.69, 9.17) is 4.74 Å². The number of phenolic OH excluding ortho intramolecular Hbond substituents is 1.